The number of carboxylic acid groups (broad SMARTS) is 1. The number of carbonyl (C=O) groups excluding carboxylic acids is 1. The molecule has 8 heteroatoms. The molecule has 0 aromatic carbocycles. The number of rotatable bonds is 16. The number of carbonyl (C=O) groups is 2. The zero-order chi connectivity index (χ0) is 20.7. The monoisotopic (exact) mass is 411 g/mol. The molecule has 1 amide bonds. The van der Waals surface area contributed by atoms with Crippen LogP contribution in [0.15, 0.2) is 0 Å². The molecule has 0 aromatic rings. The molecule has 2 aliphatic rings. The second kappa shape index (κ2) is 14.3. The van der Waals surface area contributed by atoms with Crippen molar-refractivity contribution < 1.29 is 33.6 Å². The zero-order valence-electron chi connectivity index (χ0n) is 17.0. The largest absolute Gasteiger partial charge is 0.481 e. The highest BCUT2D eigenvalue weighted by atomic mass is 16.6. The first kappa shape index (κ1) is 23.6. The number of ether oxygens (including phenoxy) is 4. The van der Waals surface area contributed by atoms with E-state index in [1.807, 2.05) is 0 Å². The topological polar surface area (TPSA) is 103 Å². The molecule has 1 unspecified atom stereocenters. The second-order valence-electron chi connectivity index (χ2n) is 7.17. The molecule has 1 fully saturated rings. The molecular weight excluding hydrogens is 378 g/mol. The zero-order valence-corrected chi connectivity index (χ0v) is 17.0. The lowest BCUT2D eigenvalue weighted by Crippen LogP contribution is -2.30. The Balaban J connectivity index is 1.31. The Kier molecular flexibility index (Phi) is 11.7. The SMILES string of the molecule is O=C(O)CCOCCOCCOCCOCCNC(=O)C1[C@H]2CCC#CCC[C@@H]12. The summed E-state index contributed by atoms with van der Waals surface area (Å²) in [5.41, 5.74) is 0. The van der Waals surface area contributed by atoms with Gasteiger partial charge in [-0.3, -0.25) is 9.59 Å². The van der Waals surface area contributed by atoms with Crippen LogP contribution in [0.5, 0.6) is 0 Å². The average Bonchev–Trinajstić information content (AvgIpc) is 3.35. The summed E-state index contributed by atoms with van der Waals surface area (Å²) in [5, 5.41) is 11.4. The summed E-state index contributed by atoms with van der Waals surface area (Å²) in [4.78, 5) is 22.5. The molecule has 0 aliphatic heterocycles. The minimum Gasteiger partial charge on any atom is -0.481 e. The van der Waals surface area contributed by atoms with Gasteiger partial charge in [0.05, 0.1) is 59.3 Å². The molecule has 2 rings (SSSR count). The van der Waals surface area contributed by atoms with E-state index in [1.165, 1.54) is 0 Å². The third-order valence-electron chi connectivity index (χ3n) is 5.09. The van der Waals surface area contributed by atoms with E-state index in [0.717, 1.165) is 25.7 Å². The molecule has 29 heavy (non-hydrogen) atoms. The van der Waals surface area contributed by atoms with Crippen molar-refractivity contribution in [2.24, 2.45) is 17.8 Å². The van der Waals surface area contributed by atoms with Crippen molar-refractivity contribution in [3.05, 3.63) is 0 Å². The maximum absolute atomic E-state index is 12.3. The van der Waals surface area contributed by atoms with Gasteiger partial charge in [0, 0.05) is 25.3 Å². The summed E-state index contributed by atoms with van der Waals surface area (Å²) in [7, 11) is 0. The van der Waals surface area contributed by atoms with Gasteiger partial charge in [-0.2, -0.15) is 0 Å². The molecule has 0 spiro atoms. The normalized spacial score (nSPS) is 22.6. The van der Waals surface area contributed by atoms with Crippen LogP contribution in [-0.2, 0) is 28.5 Å². The summed E-state index contributed by atoms with van der Waals surface area (Å²) in [5.74, 6) is 6.83. The maximum atomic E-state index is 12.3. The Hall–Kier alpha value is -1.66. The number of hydrogen-bond donors (Lipinski definition) is 2. The van der Waals surface area contributed by atoms with E-state index in [4.69, 9.17) is 24.1 Å². The average molecular weight is 411 g/mol. The standard InChI is InChI=1S/C21H33NO7/c23-19(24)7-9-26-11-13-28-15-16-29-14-12-27-10-8-22-21(25)20-17-5-3-1-2-4-6-18(17)20/h17-18,20H,3-16H2,(H,22,25)(H,23,24)/t17-,18+,20?. The van der Waals surface area contributed by atoms with Gasteiger partial charge in [0.25, 0.3) is 0 Å². The first-order valence-electron chi connectivity index (χ1n) is 10.5. The van der Waals surface area contributed by atoms with Crippen molar-refractivity contribution in [2.45, 2.75) is 32.1 Å². The predicted octanol–water partition coefficient (Wildman–Crippen LogP) is 1.08. The smallest absolute Gasteiger partial charge is 0.305 e. The molecule has 2 N–H and O–H groups in total. The first-order chi connectivity index (χ1) is 14.2. The molecule has 2 aliphatic carbocycles. The van der Waals surface area contributed by atoms with Crippen LogP contribution in [-0.4, -0.2) is 76.4 Å². The van der Waals surface area contributed by atoms with Gasteiger partial charge >= 0.3 is 5.97 Å². The van der Waals surface area contributed by atoms with Crippen LogP contribution in [0, 0.1) is 29.6 Å². The fourth-order valence-corrected chi connectivity index (χ4v) is 3.56. The molecule has 0 bridgehead atoms. The Morgan fingerprint density at radius 3 is 1.79 bits per heavy atom. The van der Waals surface area contributed by atoms with Crippen molar-refractivity contribution in [3.63, 3.8) is 0 Å². The lowest BCUT2D eigenvalue weighted by Gasteiger charge is -2.08. The van der Waals surface area contributed by atoms with Crippen LogP contribution < -0.4 is 5.32 Å². The van der Waals surface area contributed by atoms with Crippen LogP contribution in [0.3, 0.4) is 0 Å². The van der Waals surface area contributed by atoms with E-state index in [-0.39, 0.29) is 24.9 Å². The van der Waals surface area contributed by atoms with Gasteiger partial charge in [-0.05, 0) is 24.7 Å². The number of aliphatic carboxylic acids is 1. The highest BCUT2D eigenvalue weighted by molar-refractivity contribution is 5.82. The van der Waals surface area contributed by atoms with E-state index in [2.05, 4.69) is 17.2 Å². The van der Waals surface area contributed by atoms with Crippen molar-refractivity contribution >= 4 is 11.9 Å². The number of amides is 1. The van der Waals surface area contributed by atoms with E-state index in [9.17, 15) is 9.59 Å². The number of fused-ring (bicyclic) bond motifs is 1. The Morgan fingerprint density at radius 1 is 0.793 bits per heavy atom. The summed E-state index contributed by atoms with van der Waals surface area (Å²) < 4.78 is 21.3. The van der Waals surface area contributed by atoms with Gasteiger partial charge in [0.2, 0.25) is 5.91 Å². The van der Waals surface area contributed by atoms with Crippen molar-refractivity contribution in [3.8, 4) is 11.8 Å². The molecule has 0 saturated heterocycles. The van der Waals surface area contributed by atoms with Crippen LogP contribution in [0.1, 0.15) is 32.1 Å². The molecule has 0 heterocycles. The lowest BCUT2D eigenvalue weighted by atomic mass is 10.1. The summed E-state index contributed by atoms with van der Waals surface area (Å²) in [6.45, 7) is 3.84. The highest BCUT2D eigenvalue weighted by Gasteiger charge is 2.53. The van der Waals surface area contributed by atoms with Gasteiger partial charge in [0.1, 0.15) is 0 Å². The van der Waals surface area contributed by atoms with E-state index >= 15 is 0 Å². The fourth-order valence-electron chi connectivity index (χ4n) is 3.56. The Morgan fingerprint density at radius 2 is 1.28 bits per heavy atom. The van der Waals surface area contributed by atoms with Gasteiger partial charge in [-0.25, -0.2) is 0 Å². The summed E-state index contributed by atoms with van der Waals surface area (Å²) >= 11 is 0. The molecular formula is C21H33NO7. The minimum absolute atomic E-state index is 0.00381. The van der Waals surface area contributed by atoms with Gasteiger partial charge in [0.15, 0.2) is 0 Å². The van der Waals surface area contributed by atoms with Crippen molar-refractivity contribution in [1.82, 2.24) is 5.32 Å². The van der Waals surface area contributed by atoms with Crippen LogP contribution in [0.2, 0.25) is 0 Å². The van der Waals surface area contributed by atoms with Crippen molar-refractivity contribution in [1.29, 1.82) is 0 Å². The number of nitrogens with one attached hydrogen (secondary N) is 1. The molecule has 0 aromatic heterocycles. The maximum Gasteiger partial charge on any atom is 0.305 e. The van der Waals surface area contributed by atoms with Crippen LogP contribution >= 0.6 is 0 Å². The van der Waals surface area contributed by atoms with Crippen molar-refractivity contribution in [2.75, 3.05) is 59.4 Å². The minimum atomic E-state index is -0.870. The quantitative estimate of drug-likeness (QED) is 0.289. The molecule has 1 saturated carbocycles. The first-order valence-corrected chi connectivity index (χ1v) is 10.5. The second-order valence-corrected chi connectivity index (χ2v) is 7.17. The van der Waals surface area contributed by atoms with Crippen LogP contribution in [0.25, 0.3) is 0 Å². The van der Waals surface area contributed by atoms with Gasteiger partial charge in [-0.15, -0.1) is 11.8 Å². The highest BCUT2D eigenvalue weighted by Crippen LogP contribution is 2.52. The lowest BCUT2D eigenvalue weighted by molar-refractivity contribution is -0.138. The Bertz CT molecular complexity index is 539. The predicted molar refractivity (Wildman–Crippen MR) is 105 cm³/mol. The number of carboxylic acids is 1. The van der Waals surface area contributed by atoms with Gasteiger partial charge in [-0.1, -0.05) is 0 Å². The van der Waals surface area contributed by atoms with E-state index in [0.29, 0.717) is 64.6 Å². The van der Waals surface area contributed by atoms with Gasteiger partial charge < -0.3 is 29.4 Å². The Labute approximate surface area is 172 Å². The fraction of sp³-hybridized carbons (Fsp3) is 0.810. The summed E-state index contributed by atoms with van der Waals surface area (Å²) in [6, 6.07) is 0. The third-order valence-corrected chi connectivity index (χ3v) is 5.09. The molecule has 8 nitrogen and oxygen atoms in total. The molecule has 3 atom stereocenters. The number of hydrogen-bond acceptors (Lipinski definition) is 6. The van der Waals surface area contributed by atoms with E-state index < -0.39 is 5.97 Å². The molecule has 164 valence electrons. The third kappa shape index (κ3) is 10.1. The summed E-state index contributed by atoms with van der Waals surface area (Å²) in [6.07, 6.45) is 3.93. The van der Waals surface area contributed by atoms with E-state index in [1.54, 1.807) is 0 Å². The van der Waals surface area contributed by atoms with Crippen LogP contribution in [0.4, 0.5) is 0 Å². The molecule has 0 radical (unpaired) electrons.